The minimum absolute atomic E-state index is 0.199. The molecule has 0 aliphatic heterocycles. The number of amides is 1. The second-order valence-electron chi connectivity index (χ2n) is 6.75. The fourth-order valence-corrected chi connectivity index (χ4v) is 2.71. The lowest BCUT2D eigenvalue weighted by molar-refractivity contribution is 0.102. The van der Waals surface area contributed by atoms with E-state index in [0.29, 0.717) is 23.5 Å². The van der Waals surface area contributed by atoms with Crippen molar-refractivity contribution in [2.24, 2.45) is 0 Å². The van der Waals surface area contributed by atoms with E-state index in [2.05, 4.69) is 40.5 Å². The minimum Gasteiger partial charge on any atom is -0.367 e. The molecule has 0 radical (unpaired) electrons. The first-order chi connectivity index (χ1) is 11.4. The number of carbonyl (C=O) groups is 1. The zero-order chi connectivity index (χ0) is 17.3. The molecule has 126 valence electrons. The van der Waals surface area contributed by atoms with Crippen LogP contribution in [0.25, 0.3) is 0 Å². The first kappa shape index (κ1) is 16.4. The quantitative estimate of drug-likeness (QED) is 0.871. The summed E-state index contributed by atoms with van der Waals surface area (Å²) in [5, 5.41) is 6.37. The van der Waals surface area contributed by atoms with E-state index in [9.17, 15) is 4.79 Å². The van der Waals surface area contributed by atoms with E-state index in [1.807, 2.05) is 26.0 Å². The van der Waals surface area contributed by atoms with E-state index >= 15 is 0 Å². The number of aromatic nitrogens is 2. The Balaban J connectivity index is 1.86. The van der Waals surface area contributed by atoms with Crippen molar-refractivity contribution in [2.75, 3.05) is 10.6 Å². The molecule has 24 heavy (non-hydrogen) atoms. The molecule has 1 aliphatic carbocycles. The van der Waals surface area contributed by atoms with Crippen LogP contribution in [-0.4, -0.2) is 21.9 Å². The second kappa shape index (κ2) is 6.59. The molecule has 1 fully saturated rings. The molecule has 2 aromatic rings. The second-order valence-corrected chi connectivity index (χ2v) is 6.75. The number of hydrogen-bond acceptors (Lipinski definition) is 4. The number of nitrogens with one attached hydrogen (secondary N) is 2. The Kier molecular flexibility index (Phi) is 4.51. The van der Waals surface area contributed by atoms with Crippen LogP contribution >= 0.6 is 0 Å². The average Bonchev–Trinajstić information content (AvgIpc) is 3.32. The molecule has 5 nitrogen and oxygen atoms in total. The van der Waals surface area contributed by atoms with Crippen LogP contribution in [0.3, 0.4) is 0 Å². The van der Waals surface area contributed by atoms with Gasteiger partial charge in [-0.05, 0) is 43.7 Å². The molecule has 0 saturated heterocycles. The SMILES string of the molecule is Cc1nc(NC2CC2)cc(C(=O)Nc2c(C)cccc2C(C)C)n1. The van der Waals surface area contributed by atoms with Gasteiger partial charge in [0.25, 0.3) is 5.91 Å². The van der Waals surface area contributed by atoms with Gasteiger partial charge in [0.15, 0.2) is 0 Å². The van der Waals surface area contributed by atoms with Crippen LogP contribution in [0, 0.1) is 13.8 Å². The molecule has 3 rings (SSSR count). The molecule has 5 heteroatoms. The van der Waals surface area contributed by atoms with Crippen molar-refractivity contribution >= 4 is 17.4 Å². The van der Waals surface area contributed by atoms with Gasteiger partial charge in [0.05, 0.1) is 0 Å². The van der Waals surface area contributed by atoms with Crippen LogP contribution in [0.1, 0.15) is 60.0 Å². The van der Waals surface area contributed by atoms with Crippen LogP contribution < -0.4 is 10.6 Å². The molecule has 0 bridgehead atoms. The highest BCUT2D eigenvalue weighted by molar-refractivity contribution is 6.04. The van der Waals surface area contributed by atoms with Crippen molar-refractivity contribution in [3.05, 3.63) is 46.9 Å². The summed E-state index contributed by atoms with van der Waals surface area (Å²) >= 11 is 0. The molecule has 1 aromatic heterocycles. The number of aryl methyl sites for hydroxylation is 2. The lowest BCUT2D eigenvalue weighted by Crippen LogP contribution is -2.18. The lowest BCUT2D eigenvalue weighted by Gasteiger charge is -2.16. The van der Waals surface area contributed by atoms with Gasteiger partial charge in [0.2, 0.25) is 0 Å². The van der Waals surface area contributed by atoms with E-state index in [0.717, 1.165) is 35.5 Å². The van der Waals surface area contributed by atoms with E-state index in [4.69, 9.17) is 0 Å². The van der Waals surface area contributed by atoms with Crippen LogP contribution in [0.5, 0.6) is 0 Å². The van der Waals surface area contributed by atoms with Crippen LogP contribution in [0.4, 0.5) is 11.5 Å². The summed E-state index contributed by atoms with van der Waals surface area (Å²) in [4.78, 5) is 21.4. The van der Waals surface area contributed by atoms with Gasteiger partial charge in [-0.15, -0.1) is 0 Å². The number of anilines is 2. The predicted molar refractivity (Wildman–Crippen MR) is 96.6 cm³/mol. The van der Waals surface area contributed by atoms with Crippen molar-refractivity contribution in [1.29, 1.82) is 0 Å². The van der Waals surface area contributed by atoms with Crippen LogP contribution in [0.2, 0.25) is 0 Å². The third-order valence-electron chi connectivity index (χ3n) is 4.17. The molecular weight excluding hydrogens is 300 g/mol. The number of hydrogen-bond donors (Lipinski definition) is 2. The van der Waals surface area contributed by atoms with Gasteiger partial charge in [0, 0.05) is 17.8 Å². The molecule has 1 heterocycles. The normalized spacial score (nSPS) is 13.9. The summed E-state index contributed by atoms with van der Waals surface area (Å²) in [5.74, 6) is 1.46. The van der Waals surface area contributed by atoms with Gasteiger partial charge in [0.1, 0.15) is 17.3 Å². The molecule has 1 aliphatic rings. The zero-order valence-corrected chi connectivity index (χ0v) is 14.7. The zero-order valence-electron chi connectivity index (χ0n) is 14.7. The largest absolute Gasteiger partial charge is 0.367 e. The third kappa shape index (κ3) is 3.72. The maximum Gasteiger partial charge on any atom is 0.274 e. The minimum atomic E-state index is -0.199. The summed E-state index contributed by atoms with van der Waals surface area (Å²) in [5.41, 5.74) is 3.45. The van der Waals surface area contributed by atoms with Gasteiger partial charge in [-0.1, -0.05) is 32.0 Å². The summed E-state index contributed by atoms with van der Waals surface area (Å²) in [7, 11) is 0. The molecule has 0 spiro atoms. The Bertz CT molecular complexity index is 766. The first-order valence-electron chi connectivity index (χ1n) is 8.47. The van der Waals surface area contributed by atoms with Gasteiger partial charge in [-0.2, -0.15) is 0 Å². The van der Waals surface area contributed by atoms with Crippen molar-refractivity contribution < 1.29 is 4.79 Å². The molecular formula is C19H24N4O. The van der Waals surface area contributed by atoms with Crippen molar-refractivity contribution in [3.8, 4) is 0 Å². The van der Waals surface area contributed by atoms with Gasteiger partial charge in [-0.3, -0.25) is 4.79 Å². The number of para-hydroxylation sites is 1. The van der Waals surface area contributed by atoms with E-state index < -0.39 is 0 Å². The number of rotatable bonds is 5. The first-order valence-corrected chi connectivity index (χ1v) is 8.47. The van der Waals surface area contributed by atoms with Crippen molar-refractivity contribution in [2.45, 2.75) is 52.5 Å². The van der Waals surface area contributed by atoms with E-state index in [1.165, 1.54) is 0 Å². The van der Waals surface area contributed by atoms with Crippen molar-refractivity contribution in [1.82, 2.24) is 9.97 Å². The molecule has 2 N–H and O–H groups in total. The summed E-state index contributed by atoms with van der Waals surface area (Å²) in [6, 6.07) is 8.30. The maximum absolute atomic E-state index is 12.7. The fraction of sp³-hybridized carbons (Fsp3) is 0.421. The third-order valence-corrected chi connectivity index (χ3v) is 4.17. The highest BCUT2D eigenvalue weighted by Gasteiger charge is 2.22. The number of benzene rings is 1. The predicted octanol–water partition coefficient (Wildman–Crippen LogP) is 4.04. The summed E-state index contributed by atoms with van der Waals surface area (Å²) in [6.07, 6.45) is 2.32. The topological polar surface area (TPSA) is 66.9 Å². The highest BCUT2D eigenvalue weighted by Crippen LogP contribution is 2.28. The lowest BCUT2D eigenvalue weighted by atomic mass is 9.98. The smallest absolute Gasteiger partial charge is 0.274 e. The highest BCUT2D eigenvalue weighted by atomic mass is 16.1. The van der Waals surface area contributed by atoms with Crippen molar-refractivity contribution in [3.63, 3.8) is 0 Å². The molecule has 0 unspecified atom stereocenters. The van der Waals surface area contributed by atoms with Gasteiger partial charge < -0.3 is 10.6 Å². The Morgan fingerprint density at radius 3 is 2.62 bits per heavy atom. The Morgan fingerprint density at radius 1 is 1.21 bits per heavy atom. The monoisotopic (exact) mass is 324 g/mol. The Hall–Kier alpha value is -2.43. The number of carbonyl (C=O) groups excluding carboxylic acids is 1. The number of nitrogens with zero attached hydrogens (tertiary/aromatic N) is 2. The Labute approximate surface area is 142 Å². The molecule has 0 atom stereocenters. The fourth-order valence-electron chi connectivity index (χ4n) is 2.71. The van der Waals surface area contributed by atoms with Crippen LogP contribution in [0.15, 0.2) is 24.3 Å². The standard InChI is InChI=1S/C19H24N4O/c1-11(2)15-7-5-6-12(3)18(15)23-19(24)16-10-17(21-13(4)20-16)22-14-8-9-14/h5-7,10-11,14H,8-9H2,1-4H3,(H,23,24)(H,20,21,22). The average molecular weight is 324 g/mol. The Morgan fingerprint density at radius 2 is 1.96 bits per heavy atom. The molecule has 1 amide bonds. The maximum atomic E-state index is 12.7. The van der Waals surface area contributed by atoms with Crippen LogP contribution in [-0.2, 0) is 0 Å². The molecule has 1 saturated carbocycles. The molecule has 1 aromatic carbocycles. The van der Waals surface area contributed by atoms with E-state index in [-0.39, 0.29) is 5.91 Å². The van der Waals surface area contributed by atoms with Gasteiger partial charge in [-0.25, -0.2) is 9.97 Å². The van der Waals surface area contributed by atoms with Gasteiger partial charge >= 0.3 is 0 Å². The summed E-state index contributed by atoms with van der Waals surface area (Å²) in [6.45, 7) is 8.06. The van der Waals surface area contributed by atoms with E-state index in [1.54, 1.807) is 6.07 Å². The summed E-state index contributed by atoms with van der Waals surface area (Å²) < 4.78 is 0.